The van der Waals surface area contributed by atoms with Crippen molar-refractivity contribution in [3.05, 3.63) is 24.8 Å². The van der Waals surface area contributed by atoms with Crippen LogP contribution in [0.3, 0.4) is 0 Å². The lowest BCUT2D eigenvalue weighted by molar-refractivity contribution is 0.825. The molecule has 1 heterocycles. The van der Waals surface area contributed by atoms with Crippen LogP contribution in [0, 0.1) is 0 Å². The van der Waals surface area contributed by atoms with Gasteiger partial charge in [-0.1, -0.05) is 13.5 Å². The topological polar surface area (TPSA) is 17.8 Å². The first-order valence-electron chi connectivity index (χ1n) is 3.52. The van der Waals surface area contributed by atoms with E-state index in [0.29, 0.717) is 0 Å². The molecule has 1 aromatic heterocycles. The molecule has 0 aliphatic rings. The molecule has 1 rings (SSSR count). The Bertz CT molecular complexity index is 218. The van der Waals surface area contributed by atoms with Crippen molar-refractivity contribution in [2.75, 3.05) is 0 Å². The molecule has 0 unspecified atom stereocenters. The molecule has 0 amide bonds. The fourth-order valence-corrected chi connectivity index (χ4v) is 0.927. The van der Waals surface area contributed by atoms with Gasteiger partial charge in [0.2, 0.25) is 0 Å². The van der Waals surface area contributed by atoms with Crippen molar-refractivity contribution in [2.24, 2.45) is 0 Å². The van der Waals surface area contributed by atoms with E-state index in [-0.39, 0.29) is 17.0 Å². The first-order valence-corrected chi connectivity index (χ1v) is 3.52. The zero-order valence-corrected chi connectivity index (χ0v) is 8.37. The summed E-state index contributed by atoms with van der Waals surface area (Å²) in [5.74, 6) is 1.09. The lowest BCUT2D eigenvalue weighted by atomic mass is 10.3. The molecule has 3 heteroatoms. The molecule has 2 nitrogen and oxygen atoms in total. The van der Waals surface area contributed by atoms with Crippen LogP contribution in [0.25, 0.3) is 6.20 Å². The van der Waals surface area contributed by atoms with Crippen LogP contribution in [0.15, 0.2) is 19.0 Å². The highest BCUT2D eigenvalue weighted by Gasteiger charge is 1.95. The number of aryl methyl sites for hydroxylation is 1. The zero-order chi connectivity index (χ0) is 7.40. The lowest BCUT2D eigenvalue weighted by Crippen LogP contribution is -1.93. The lowest BCUT2D eigenvalue weighted by Gasteiger charge is -1.97. The third kappa shape index (κ3) is 2.50. The Labute approximate surface area is 77.7 Å². The van der Waals surface area contributed by atoms with Crippen molar-refractivity contribution < 1.29 is 0 Å². The van der Waals surface area contributed by atoms with Gasteiger partial charge in [0.15, 0.2) is 0 Å². The van der Waals surface area contributed by atoms with E-state index in [1.165, 1.54) is 0 Å². The van der Waals surface area contributed by atoms with Gasteiger partial charge in [0.05, 0.1) is 0 Å². The molecule has 0 fully saturated rings. The summed E-state index contributed by atoms with van der Waals surface area (Å²) >= 11 is 0. The molecule has 0 saturated carbocycles. The Balaban J connectivity index is 0.000001000. The fraction of sp³-hybridized carbons (Fsp3) is 0.375. The van der Waals surface area contributed by atoms with Gasteiger partial charge in [-0.15, -0.1) is 17.0 Å². The summed E-state index contributed by atoms with van der Waals surface area (Å²) in [5, 5.41) is 0. The van der Waals surface area contributed by atoms with Crippen LogP contribution < -0.4 is 0 Å². The number of halogens is 1. The first kappa shape index (κ1) is 10.4. The van der Waals surface area contributed by atoms with Crippen molar-refractivity contribution in [1.29, 1.82) is 0 Å². The number of hydrogen-bond donors (Lipinski definition) is 0. The van der Waals surface area contributed by atoms with Crippen LogP contribution >= 0.6 is 17.0 Å². The molecule has 1 aromatic rings. The summed E-state index contributed by atoms with van der Waals surface area (Å²) in [7, 11) is 0. The molecule has 0 atom stereocenters. The van der Waals surface area contributed by atoms with Gasteiger partial charge < -0.3 is 4.57 Å². The highest BCUT2D eigenvalue weighted by molar-refractivity contribution is 8.93. The third-order valence-corrected chi connectivity index (χ3v) is 1.42. The Morgan fingerprint density at radius 3 is 3.00 bits per heavy atom. The maximum Gasteiger partial charge on any atom is 0.112 e. The second-order valence-corrected chi connectivity index (χ2v) is 2.18. The summed E-state index contributed by atoms with van der Waals surface area (Å²) in [6, 6.07) is 0. The maximum atomic E-state index is 4.17. The van der Waals surface area contributed by atoms with Crippen LogP contribution in [0.2, 0.25) is 0 Å². The van der Waals surface area contributed by atoms with Crippen LogP contribution in [0.4, 0.5) is 0 Å². The van der Waals surface area contributed by atoms with E-state index in [1.54, 1.807) is 12.4 Å². The van der Waals surface area contributed by atoms with E-state index in [2.05, 4.69) is 18.5 Å². The smallest absolute Gasteiger partial charge is 0.112 e. The maximum absolute atomic E-state index is 4.17. The molecule has 0 spiro atoms. The fourth-order valence-electron chi connectivity index (χ4n) is 0.927. The second-order valence-electron chi connectivity index (χ2n) is 2.18. The van der Waals surface area contributed by atoms with E-state index < -0.39 is 0 Å². The van der Waals surface area contributed by atoms with E-state index in [9.17, 15) is 0 Å². The number of aromatic nitrogens is 2. The standard InChI is InChI=1S/C8H12N2.BrH/c1-3-5-8-9-6-7-10(8)4-2;/h4,6-7H,2-3,5H2,1H3;1H. The highest BCUT2D eigenvalue weighted by Crippen LogP contribution is 2.00. The average molecular weight is 217 g/mol. The van der Waals surface area contributed by atoms with Gasteiger partial charge in [-0.25, -0.2) is 4.98 Å². The van der Waals surface area contributed by atoms with Gasteiger partial charge in [-0.3, -0.25) is 0 Å². The normalized spacial score (nSPS) is 8.82. The van der Waals surface area contributed by atoms with Crippen LogP contribution in [-0.4, -0.2) is 9.55 Å². The molecule has 0 N–H and O–H groups in total. The van der Waals surface area contributed by atoms with E-state index in [0.717, 1.165) is 18.7 Å². The van der Waals surface area contributed by atoms with Crippen molar-refractivity contribution in [3.63, 3.8) is 0 Å². The molecular weight excluding hydrogens is 204 g/mol. The molecule has 0 bridgehead atoms. The average Bonchev–Trinajstić information content (AvgIpc) is 2.36. The summed E-state index contributed by atoms with van der Waals surface area (Å²) in [5.41, 5.74) is 0. The molecule has 0 aromatic carbocycles. The number of imidazole rings is 1. The molecule has 0 aliphatic heterocycles. The van der Waals surface area contributed by atoms with E-state index in [1.807, 2.05) is 10.8 Å². The van der Waals surface area contributed by atoms with Crippen molar-refractivity contribution in [2.45, 2.75) is 19.8 Å². The molecule has 0 radical (unpaired) electrons. The summed E-state index contributed by atoms with van der Waals surface area (Å²) < 4.78 is 1.95. The van der Waals surface area contributed by atoms with Gasteiger partial charge in [-0.05, 0) is 6.42 Å². The quantitative estimate of drug-likeness (QED) is 0.760. The third-order valence-electron chi connectivity index (χ3n) is 1.42. The predicted molar refractivity (Wildman–Crippen MR) is 52.9 cm³/mol. The van der Waals surface area contributed by atoms with Crippen molar-refractivity contribution in [1.82, 2.24) is 9.55 Å². The molecule has 62 valence electrons. The molecular formula is C8H13BrN2. The van der Waals surface area contributed by atoms with Gasteiger partial charge in [-0.2, -0.15) is 0 Å². The molecule has 0 saturated heterocycles. The minimum absolute atomic E-state index is 0. The molecule has 0 aliphatic carbocycles. The Kier molecular flexibility index (Phi) is 4.86. The minimum atomic E-state index is 0. The molecule has 11 heavy (non-hydrogen) atoms. The van der Waals surface area contributed by atoms with Gasteiger partial charge in [0.25, 0.3) is 0 Å². The summed E-state index contributed by atoms with van der Waals surface area (Å²) in [6.45, 7) is 5.81. The van der Waals surface area contributed by atoms with Crippen molar-refractivity contribution >= 4 is 23.2 Å². The SMILES string of the molecule is Br.C=Cn1ccnc1CCC. The Morgan fingerprint density at radius 2 is 2.45 bits per heavy atom. The van der Waals surface area contributed by atoms with Gasteiger partial charge in [0.1, 0.15) is 5.82 Å². The highest BCUT2D eigenvalue weighted by atomic mass is 79.9. The largest absolute Gasteiger partial charge is 0.311 e. The van der Waals surface area contributed by atoms with Gasteiger partial charge >= 0.3 is 0 Å². The predicted octanol–water partition coefficient (Wildman–Crippen LogP) is 2.51. The minimum Gasteiger partial charge on any atom is -0.311 e. The second kappa shape index (κ2) is 5.13. The van der Waals surface area contributed by atoms with Crippen molar-refractivity contribution in [3.8, 4) is 0 Å². The van der Waals surface area contributed by atoms with E-state index in [4.69, 9.17) is 0 Å². The number of nitrogens with zero attached hydrogens (tertiary/aromatic N) is 2. The Morgan fingerprint density at radius 1 is 1.73 bits per heavy atom. The van der Waals surface area contributed by atoms with E-state index >= 15 is 0 Å². The Hall–Kier alpha value is -0.570. The number of rotatable bonds is 3. The monoisotopic (exact) mass is 216 g/mol. The van der Waals surface area contributed by atoms with Crippen LogP contribution in [0.5, 0.6) is 0 Å². The van der Waals surface area contributed by atoms with Gasteiger partial charge in [0, 0.05) is 25.0 Å². The number of hydrogen-bond acceptors (Lipinski definition) is 1. The summed E-state index contributed by atoms with van der Waals surface area (Å²) in [6.07, 6.45) is 7.65. The zero-order valence-electron chi connectivity index (χ0n) is 6.66. The summed E-state index contributed by atoms with van der Waals surface area (Å²) in [4.78, 5) is 4.17. The first-order chi connectivity index (χ1) is 4.88. The van der Waals surface area contributed by atoms with Crippen LogP contribution in [-0.2, 0) is 6.42 Å². The van der Waals surface area contributed by atoms with Crippen LogP contribution in [0.1, 0.15) is 19.2 Å².